The number of nitrogens with one attached hydrogen (secondary N) is 1. The van der Waals surface area contributed by atoms with Crippen molar-refractivity contribution in [2.45, 2.75) is 20.3 Å². The number of imidazole rings is 1. The Labute approximate surface area is 103 Å². The zero-order valence-electron chi connectivity index (χ0n) is 9.34. The Hall–Kier alpha value is -1.29. The lowest BCUT2D eigenvalue weighted by Gasteiger charge is -2.03. The van der Waals surface area contributed by atoms with Crippen LogP contribution in [0.25, 0.3) is 0 Å². The summed E-state index contributed by atoms with van der Waals surface area (Å²) in [6, 6.07) is 6.33. The van der Waals surface area contributed by atoms with Crippen molar-refractivity contribution in [1.29, 1.82) is 0 Å². The van der Waals surface area contributed by atoms with E-state index in [9.17, 15) is 0 Å². The maximum Gasteiger partial charge on any atom is 0.197 e. The second-order valence-electron chi connectivity index (χ2n) is 3.95. The van der Waals surface area contributed by atoms with Crippen LogP contribution in [0.5, 0.6) is 0 Å². The van der Waals surface area contributed by atoms with E-state index in [0.717, 1.165) is 22.3 Å². The van der Waals surface area contributed by atoms with Crippen LogP contribution in [0.2, 0.25) is 0 Å². The van der Waals surface area contributed by atoms with Crippen molar-refractivity contribution in [3.8, 4) is 0 Å². The molecule has 0 aliphatic heterocycles. The number of benzene rings is 1. The van der Waals surface area contributed by atoms with Gasteiger partial charge in [-0.15, -0.1) is 0 Å². The van der Waals surface area contributed by atoms with Crippen LogP contribution in [0.1, 0.15) is 22.5 Å². The second kappa shape index (κ2) is 4.29. The van der Waals surface area contributed by atoms with E-state index >= 15 is 0 Å². The van der Waals surface area contributed by atoms with Gasteiger partial charge in [-0.05, 0) is 31.0 Å². The predicted molar refractivity (Wildman–Crippen MR) is 69.4 cm³/mol. The molecule has 0 atom stereocenters. The molecule has 0 spiro atoms. The van der Waals surface area contributed by atoms with Crippen molar-refractivity contribution in [3.05, 3.63) is 45.2 Å². The third-order valence-corrected chi connectivity index (χ3v) is 3.49. The molecule has 0 fully saturated rings. The number of halogens is 1. The number of aryl methyl sites for hydroxylation is 2. The molecule has 2 aromatic rings. The molecule has 3 N–H and O–H groups in total. The summed E-state index contributed by atoms with van der Waals surface area (Å²) in [7, 11) is 0. The summed E-state index contributed by atoms with van der Waals surface area (Å²) in [5.41, 5.74) is 10.1. The van der Waals surface area contributed by atoms with Crippen LogP contribution < -0.4 is 5.73 Å². The summed E-state index contributed by atoms with van der Waals surface area (Å²) < 4.78 is 1.13. The van der Waals surface area contributed by atoms with Crippen molar-refractivity contribution < 1.29 is 0 Å². The highest BCUT2D eigenvalue weighted by molar-refractivity contribution is 9.10. The number of rotatable bonds is 2. The van der Waals surface area contributed by atoms with Gasteiger partial charge < -0.3 is 10.7 Å². The highest BCUT2D eigenvalue weighted by Gasteiger charge is 2.06. The van der Waals surface area contributed by atoms with Crippen LogP contribution in [0, 0.1) is 13.8 Å². The van der Waals surface area contributed by atoms with Gasteiger partial charge in [0, 0.05) is 16.6 Å². The Morgan fingerprint density at radius 1 is 1.38 bits per heavy atom. The van der Waals surface area contributed by atoms with E-state index < -0.39 is 0 Å². The normalized spacial score (nSPS) is 10.7. The first kappa shape index (κ1) is 11.2. The minimum Gasteiger partial charge on any atom is -0.369 e. The molecule has 0 saturated heterocycles. The number of nitrogens with two attached hydrogens (primary N) is 1. The molecule has 1 aromatic carbocycles. The molecule has 3 nitrogen and oxygen atoms in total. The number of aromatic nitrogens is 2. The summed E-state index contributed by atoms with van der Waals surface area (Å²) in [6.45, 7) is 4.07. The Morgan fingerprint density at radius 2 is 2.12 bits per heavy atom. The Bertz CT molecular complexity index is 517. The number of anilines is 1. The van der Waals surface area contributed by atoms with Crippen molar-refractivity contribution in [2.75, 3.05) is 5.73 Å². The largest absolute Gasteiger partial charge is 0.369 e. The minimum absolute atomic E-state index is 0.487. The lowest BCUT2D eigenvalue weighted by atomic mass is 10.1. The number of nitrogen functional groups attached to an aromatic ring is 1. The quantitative estimate of drug-likeness (QED) is 0.888. The van der Waals surface area contributed by atoms with Crippen molar-refractivity contribution in [1.82, 2.24) is 9.97 Å². The summed E-state index contributed by atoms with van der Waals surface area (Å²) in [5, 5.41) is 0. The van der Waals surface area contributed by atoms with Crippen LogP contribution in [-0.4, -0.2) is 9.97 Å². The Morgan fingerprint density at radius 3 is 2.69 bits per heavy atom. The highest BCUT2D eigenvalue weighted by Crippen LogP contribution is 2.19. The van der Waals surface area contributed by atoms with Crippen molar-refractivity contribution >= 4 is 21.9 Å². The average molecular weight is 280 g/mol. The monoisotopic (exact) mass is 279 g/mol. The highest BCUT2D eigenvalue weighted by atomic mass is 79.9. The second-order valence-corrected chi connectivity index (χ2v) is 4.81. The summed E-state index contributed by atoms with van der Waals surface area (Å²) in [6.07, 6.45) is 0.813. The first-order valence-electron chi connectivity index (χ1n) is 5.12. The van der Waals surface area contributed by atoms with Gasteiger partial charge in [-0.25, -0.2) is 4.98 Å². The van der Waals surface area contributed by atoms with Gasteiger partial charge in [0.2, 0.25) is 0 Å². The van der Waals surface area contributed by atoms with Crippen LogP contribution in [0.3, 0.4) is 0 Å². The number of aromatic amines is 1. The van der Waals surface area contributed by atoms with E-state index in [0.29, 0.717) is 5.95 Å². The molecule has 0 aliphatic rings. The lowest BCUT2D eigenvalue weighted by molar-refractivity contribution is 1.07. The number of hydrogen-bond acceptors (Lipinski definition) is 2. The molecule has 0 radical (unpaired) electrons. The summed E-state index contributed by atoms with van der Waals surface area (Å²) in [5.74, 6) is 0.487. The molecule has 0 aliphatic carbocycles. The molecule has 0 bridgehead atoms. The number of H-pyrrole nitrogens is 1. The number of nitrogens with zero attached hydrogens (tertiary/aromatic N) is 1. The van der Waals surface area contributed by atoms with Gasteiger partial charge in [-0.2, -0.15) is 0 Å². The summed E-state index contributed by atoms with van der Waals surface area (Å²) >= 11 is 3.49. The van der Waals surface area contributed by atoms with Crippen LogP contribution in [-0.2, 0) is 6.42 Å². The van der Waals surface area contributed by atoms with Crippen molar-refractivity contribution in [2.24, 2.45) is 0 Å². The predicted octanol–water partition coefficient (Wildman–Crippen LogP) is 2.96. The molecule has 4 heteroatoms. The smallest absolute Gasteiger partial charge is 0.197 e. The fourth-order valence-corrected chi connectivity index (χ4v) is 1.95. The maximum absolute atomic E-state index is 5.61. The Balaban J connectivity index is 2.27. The van der Waals surface area contributed by atoms with Crippen LogP contribution >= 0.6 is 15.9 Å². The fraction of sp³-hybridized carbons (Fsp3) is 0.250. The first-order valence-corrected chi connectivity index (χ1v) is 5.91. The van der Waals surface area contributed by atoms with E-state index in [2.05, 4.69) is 51.0 Å². The van der Waals surface area contributed by atoms with Crippen LogP contribution in [0.15, 0.2) is 22.7 Å². The van der Waals surface area contributed by atoms with Gasteiger partial charge in [0.25, 0.3) is 0 Å². The molecular formula is C12H14BrN3. The molecule has 0 saturated carbocycles. The SMILES string of the molecule is Cc1cc(Cc2nc(N)[nH]c2C)ccc1Br. The molecule has 1 heterocycles. The van der Waals surface area contributed by atoms with Gasteiger partial charge in [-0.3, -0.25) is 0 Å². The Kier molecular flexibility index (Phi) is 3.01. The molecular weight excluding hydrogens is 266 g/mol. The molecule has 0 unspecified atom stereocenters. The zero-order valence-corrected chi connectivity index (χ0v) is 10.9. The van der Waals surface area contributed by atoms with Gasteiger partial charge in [0.1, 0.15) is 0 Å². The third-order valence-electron chi connectivity index (χ3n) is 2.60. The maximum atomic E-state index is 5.61. The van der Waals surface area contributed by atoms with Gasteiger partial charge in [0.15, 0.2) is 5.95 Å². The van der Waals surface area contributed by atoms with E-state index in [-0.39, 0.29) is 0 Å². The summed E-state index contributed by atoms with van der Waals surface area (Å²) in [4.78, 5) is 7.28. The van der Waals surface area contributed by atoms with Gasteiger partial charge in [-0.1, -0.05) is 28.1 Å². The van der Waals surface area contributed by atoms with E-state index in [1.165, 1.54) is 11.1 Å². The van der Waals surface area contributed by atoms with Gasteiger partial charge in [0.05, 0.1) is 5.69 Å². The molecule has 2 rings (SSSR count). The molecule has 84 valence electrons. The van der Waals surface area contributed by atoms with E-state index in [1.54, 1.807) is 0 Å². The van der Waals surface area contributed by atoms with E-state index in [4.69, 9.17) is 5.73 Å². The molecule has 16 heavy (non-hydrogen) atoms. The van der Waals surface area contributed by atoms with Crippen LogP contribution in [0.4, 0.5) is 5.95 Å². The topological polar surface area (TPSA) is 54.7 Å². The van der Waals surface area contributed by atoms with Crippen molar-refractivity contribution in [3.63, 3.8) is 0 Å². The lowest BCUT2D eigenvalue weighted by Crippen LogP contribution is -1.92. The standard InChI is InChI=1S/C12H14BrN3/c1-7-5-9(3-4-10(7)13)6-11-8(2)15-12(14)16-11/h3-5H,6H2,1-2H3,(H3,14,15,16). The van der Waals surface area contributed by atoms with E-state index in [1.807, 2.05) is 6.92 Å². The molecule has 0 amide bonds. The molecule has 1 aromatic heterocycles. The average Bonchev–Trinajstić information content (AvgIpc) is 2.51. The van der Waals surface area contributed by atoms with Gasteiger partial charge >= 0.3 is 0 Å². The minimum atomic E-state index is 0.487. The third kappa shape index (κ3) is 2.27. The zero-order chi connectivity index (χ0) is 11.7. The number of hydrogen-bond donors (Lipinski definition) is 2. The first-order chi connectivity index (χ1) is 7.56. The fourth-order valence-electron chi connectivity index (χ4n) is 1.70.